The van der Waals surface area contributed by atoms with Crippen molar-refractivity contribution in [2.24, 2.45) is 0 Å². The van der Waals surface area contributed by atoms with Crippen molar-refractivity contribution in [2.45, 2.75) is 19.9 Å². The van der Waals surface area contributed by atoms with Crippen LogP contribution in [0.1, 0.15) is 25.5 Å². The zero-order valence-corrected chi connectivity index (χ0v) is 11.3. The lowest BCUT2D eigenvalue weighted by Crippen LogP contribution is -2.36. The molecule has 0 heterocycles. The molecular weight excluding hydrogens is 236 g/mol. The highest BCUT2D eigenvalue weighted by molar-refractivity contribution is 6.30. The van der Waals surface area contributed by atoms with E-state index in [0.717, 1.165) is 12.1 Å². The zero-order chi connectivity index (χ0) is 12.8. The second kappa shape index (κ2) is 6.62. The van der Waals surface area contributed by atoms with Gasteiger partial charge in [-0.05, 0) is 31.5 Å². The van der Waals surface area contributed by atoms with Gasteiger partial charge in [-0.1, -0.05) is 23.7 Å². The van der Waals surface area contributed by atoms with Crippen molar-refractivity contribution in [2.75, 3.05) is 20.1 Å². The number of nitrogens with zero attached hydrogens (tertiary/aromatic N) is 1. The summed E-state index contributed by atoms with van der Waals surface area (Å²) in [7, 11) is 1.80. The molecule has 0 aromatic heterocycles. The molecular formula is C13H19ClN2O. The third kappa shape index (κ3) is 4.36. The fourth-order valence-corrected chi connectivity index (χ4v) is 1.64. The van der Waals surface area contributed by atoms with E-state index in [2.05, 4.69) is 5.32 Å². The van der Waals surface area contributed by atoms with Crippen LogP contribution in [0.25, 0.3) is 0 Å². The smallest absolute Gasteiger partial charge is 0.236 e. The van der Waals surface area contributed by atoms with Crippen molar-refractivity contribution in [3.05, 3.63) is 34.9 Å². The third-order valence-electron chi connectivity index (χ3n) is 2.81. The van der Waals surface area contributed by atoms with Crippen LogP contribution in [0.4, 0.5) is 0 Å². The van der Waals surface area contributed by atoms with Crippen LogP contribution in [0.5, 0.6) is 0 Å². The average molecular weight is 255 g/mol. The Morgan fingerprint density at radius 1 is 1.53 bits per heavy atom. The molecule has 1 rings (SSSR count). The highest BCUT2D eigenvalue weighted by Gasteiger charge is 2.10. The minimum atomic E-state index is 0.0985. The number of carbonyl (C=O) groups excluding carboxylic acids is 1. The molecule has 0 aliphatic carbocycles. The van der Waals surface area contributed by atoms with Gasteiger partial charge < -0.3 is 10.2 Å². The Labute approximate surface area is 108 Å². The van der Waals surface area contributed by atoms with Crippen molar-refractivity contribution in [1.29, 1.82) is 0 Å². The van der Waals surface area contributed by atoms with Gasteiger partial charge in [0.1, 0.15) is 0 Å². The molecule has 0 saturated carbocycles. The maximum atomic E-state index is 11.6. The van der Waals surface area contributed by atoms with Crippen LogP contribution in [0.15, 0.2) is 24.3 Å². The monoisotopic (exact) mass is 254 g/mol. The maximum absolute atomic E-state index is 11.6. The number of halogens is 1. The van der Waals surface area contributed by atoms with Gasteiger partial charge in [0, 0.05) is 24.7 Å². The first-order valence-electron chi connectivity index (χ1n) is 5.77. The highest BCUT2D eigenvalue weighted by Crippen LogP contribution is 2.16. The van der Waals surface area contributed by atoms with Crippen LogP contribution in [-0.4, -0.2) is 30.9 Å². The van der Waals surface area contributed by atoms with Crippen molar-refractivity contribution in [3.63, 3.8) is 0 Å². The number of rotatable bonds is 5. The first kappa shape index (κ1) is 14.0. The summed E-state index contributed by atoms with van der Waals surface area (Å²) in [6, 6.07) is 7.77. The summed E-state index contributed by atoms with van der Waals surface area (Å²) in [5.74, 6) is 0.0985. The quantitative estimate of drug-likeness (QED) is 0.876. The van der Waals surface area contributed by atoms with Gasteiger partial charge in [0.15, 0.2) is 0 Å². The van der Waals surface area contributed by atoms with Gasteiger partial charge in [0.25, 0.3) is 0 Å². The van der Waals surface area contributed by atoms with Crippen LogP contribution >= 0.6 is 11.6 Å². The lowest BCUT2D eigenvalue weighted by molar-refractivity contribution is -0.128. The first-order valence-corrected chi connectivity index (χ1v) is 6.15. The second-order valence-corrected chi connectivity index (χ2v) is 4.50. The molecule has 1 amide bonds. The molecule has 0 spiro atoms. The van der Waals surface area contributed by atoms with E-state index >= 15 is 0 Å². The Morgan fingerprint density at radius 2 is 2.24 bits per heavy atom. The molecule has 0 aliphatic heterocycles. The van der Waals surface area contributed by atoms with E-state index in [-0.39, 0.29) is 11.9 Å². The molecule has 0 unspecified atom stereocenters. The van der Waals surface area contributed by atoms with Gasteiger partial charge in [0.2, 0.25) is 5.91 Å². The topological polar surface area (TPSA) is 32.3 Å². The Balaban J connectivity index is 2.50. The molecule has 17 heavy (non-hydrogen) atoms. The minimum Gasteiger partial charge on any atom is -0.345 e. The fourth-order valence-electron chi connectivity index (χ4n) is 1.45. The van der Waals surface area contributed by atoms with Crippen LogP contribution < -0.4 is 5.32 Å². The maximum Gasteiger partial charge on any atom is 0.236 e. The predicted molar refractivity (Wildman–Crippen MR) is 71.2 cm³/mol. The van der Waals surface area contributed by atoms with Gasteiger partial charge in [-0.15, -0.1) is 0 Å². The fraction of sp³-hybridized carbons (Fsp3) is 0.462. The van der Waals surface area contributed by atoms with Crippen LogP contribution in [0, 0.1) is 0 Å². The van der Waals surface area contributed by atoms with Crippen molar-refractivity contribution in [1.82, 2.24) is 10.2 Å². The molecule has 3 nitrogen and oxygen atoms in total. The van der Waals surface area contributed by atoms with Gasteiger partial charge in [0.05, 0.1) is 6.54 Å². The molecule has 1 aromatic rings. The number of hydrogen-bond donors (Lipinski definition) is 1. The summed E-state index contributed by atoms with van der Waals surface area (Å²) >= 11 is 5.92. The van der Waals surface area contributed by atoms with Gasteiger partial charge in [-0.3, -0.25) is 4.79 Å². The Hall–Kier alpha value is -1.06. The Morgan fingerprint density at radius 3 is 2.82 bits per heavy atom. The molecule has 4 heteroatoms. The Kier molecular flexibility index (Phi) is 5.45. The number of carbonyl (C=O) groups is 1. The van der Waals surface area contributed by atoms with Gasteiger partial charge >= 0.3 is 0 Å². The molecule has 0 saturated heterocycles. The van der Waals surface area contributed by atoms with E-state index in [0.29, 0.717) is 11.6 Å². The average Bonchev–Trinajstić information content (AvgIpc) is 2.34. The molecule has 0 fully saturated rings. The molecule has 1 aromatic carbocycles. The highest BCUT2D eigenvalue weighted by atomic mass is 35.5. The number of nitrogens with one attached hydrogen (secondary N) is 1. The van der Waals surface area contributed by atoms with E-state index in [1.807, 2.05) is 38.1 Å². The zero-order valence-electron chi connectivity index (χ0n) is 10.5. The SMILES string of the molecule is CCN(C)C(=O)CN[C@@H](C)c1cccc(Cl)c1. The summed E-state index contributed by atoms with van der Waals surface area (Å²) < 4.78 is 0. The summed E-state index contributed by atoms with van der Waals surface area (Å²) in [5.41, 5.74) is 1.09. The minimum absolute atomic E-state index is 0.0985. The van der Waals surface area contributed by atoms with Crippen molar-refractivity contribution < 1.29 is 4.79 Å². The van der Waals surface area contributed by atoms with Crippen molar-refractivity contribution in [3.8, 4) is 0 Å². The van der Waals surface area contributed by atoms with Gasteiger partial charge in [-0.2, -0.15) is 0 Å². The van der Waals surface area contributed by atoms with Crippen molar-refractivity contribution >= 4 is 17.5 Å². The summed E-state index contributed by atoms with van der Waals surface area (Å²) in [5, 5.41) is 3.91. The van der Waals surface area contributed by atoms with Crippen LogP contribution in [0.2, 0.25) is 5.02 Å². The van der Waals surface area contributed by atoms with E-state index in [1.54, 1.807) is 11.9 Å². The van der Waals surface area contributed by atoms with E-state index < -0.39 is 0 Å². The van der Waals surface area contributed by atoms with Gasteiger partial charge in [-0.25, -0.2) is 0 Å². The molecule has 1 atom stereocenters. The number of benzene rings is 1. The second-order valence-electron chi connectivity index (χ2n) is 4.07. The van der Waals surface area contributed by atoms with E-state index in [4.69, 9.17) is 11.6 Å². The van der Waals surface area contributed by atoms with Crippen LogP contribution in [0.3, 0.4) is 0 Å². The summed E-state index contributed by atoms with van der Waals surface area (Å²) in [6.07, 6.45) is 0. The molecule has 1 N–H and O–H groups in total. The summed E-state index contributed by atoms with van der Waals surface area (Å²) in [4.78, 5) is 13.3. The Bertz CT molecular complexity index is 381. The molecule has 0 radical (unpaired) electrons. The molecule has 0 bridgehead atoms. The predicted octanol–water partition coefficient (Wildman–Crippen LogP) is 2.47. The third-order valence-corrected chi connectivity index (χ3v) is 3.04. The standard InChI is InChI=1S/C13H19ClN2O/c1-4-16(3)13(17)9-15-10(2)11-6-5-7-12(14)8-11/h5-8,10,15H,4,9H2,1-3H3/t10-/m0/s1. The number of likely N-dealkylation sites (N-methyl/N-ethyl adjacent to an activating group) is 1. The van der Waals surface area contributed by atoms with E-state index in [1.165, 1.54) is 0 Å². The lowest BCUT2D eigenvalue weighted by atomic mass is 10.1. The van der Waals surface area contributed by atoms with Crippen LogP contribution in [-0.2, 0) is 4.79 Å². The summed E-state index contributed by atoms with van der Waals surface area (Å²) in [6.45, 7) is 5.05. The van der Waals surface area contributed by atoms with E-state index in [9.17, 15) is 4.79 Å². The first-order chi connectivity index (χ1) is 8.04. The lowest BCUT2D eigenvalue weighted by Gasteiger charge is -2.18. The molecule has 0 aliphatic rings. The number of amides is 1. The normalized spacial score (nSPS) is 12.2. The number of hydrogen-bond acceptors (Lipinski definition) is 2. The largest absolute Gasteiger partial charge is 0.345 e. The molecule has 94 valence electrons.